The molecule has 2 aromatic carbocycles. The zero-order chi connectivity index (χ0) is 23.7. The summed E-state index contributed by atoms with van der Waals surface area (Å²) in [6.07, 6.45) is 3.59. The molecule has 10 heteroatoms. The number of rotatable bonds is 6. The van der Waals surface area contributed by atoms with Crippen molar-refractivity contribution in [1.29, 1.82) is 0 Å². The summed E-state index contributed by atoms with van der Waals surface area (Å²) >= 11 is 11.1. The minimum absolute atomic E-state index is 0.261. The largest absolute Gasteiger partial charge is 0.320 e. The Morgan fingerprint density at radius 3 is 2.68 bits per heavy atom. The first-order chi connectivity index (χ1) is 16.5. The molecular weight excluding hydrogens is 536 g/mol. The third-order valence-corrected chi connectivity index (χ3v) is 6.97. The van der Waals surface area contributed by atoms with Crippen LogP contribution in [0.25, 0.3) is 17.0 Å². The van der Waals surface area contributed by atoms with E-state index in [0.717, 1.165) is 32.2 Å². The molecule has 0 atom stereocenters. The number of nitrogens with one attached hydrogen (secondary N) is 1. The standard InChI is InChI=1S/C24H18BrClN6OS/c1-2-31-14-17(25)23(30-31)20-11-12-27-22-13-19(29-32(20)22)24(33)28-18-5-3-4-6-21(18)34-16-9-7-15(26)8-10-16/h3-14H,2H2,1H3,(H,28,33). The molecule has 0 aliphatic carbocycles. The number of aryl methyl sites for hydroxylation is 1. The van der Waals surface area contributed by atoms with Gasteiger partial charge in [0, 0.05) is 39.8 Å². The molecule has 0 bridgehead atoms. The second-order valence-electron chi connectivity index (χ2n) is 7.32. The SMILES string of the molecule is CCn1cc(Br)c(-c2ccnc3cc(C(=O)Nc4ccccc4Sc4ccc(Cl)cc4)nn23)n1. The molecule has 5 aromatic rings. The van der Waals surface area contributed by atoms with Crippen LogP contribution in [0.3, 0.4) is 0 Å². The van der Waals surface area contributed by atoms with Gasteiger partial charge in [-0.25, -0.2) is 9.50 Å². The van der Waals surface area contributed by atoms with Crippen molar-refractivity contribution < 1.29 is 4.79 Å². The number of carbonyl (C=O) groups excluding carboxylic acids is 1. The Labute approximate surface area is 213 Å². The third-order valence-electron chi connectivity index (χ3n) is 5.05. The summed E-state index contributed by atoms with van der Waals surface area (Å²) < 4.78 is 4.31. The van der Waals surface area contributed by atoms with Crippen LogP contribution in [0.5, 0.6) is 0 Å². The Bertz CT molecular complexity index is 1500. The predicted molar refractivity (Wildman–Crippen MR) is 138 cm³/mol. The summed E-state index contributed by atoms with van der Waals surface area (Å²) in [4.78, 5) is 19.4. The van der Waals surface area contributed by atoms with Crippen molar-refractivity contribution in [2.45, 2.75) is 23.3 Å². The van der Waals surface area contributed by atoms with Crippen LogP contribution in [0.4, 0.5) is 5.69 Å². The molecule has 34 heavy (non-hydrogen) atoms. The molecule has 7 nitrogen and oxygen atoms in total. The molecule has 0 aliphatic rings. The molecular formula is C24H18BrClN6OS. The first-order valence-corrected chi connectivity index (χ1v) is 12.4. The Morgan fingerprint density at radius 1 is 1.12 bits per heavy atom. The van der Waals surface area contributed by atoms with Gasteiger partial charge < -0.3 is 5.32 Å². The van der Waals surface area contributed by atoms with Crippen molar-refractivity contribution in [3.05, 3.63) is 88.2 Å². The lowest BCUT2D eigenvalue weighted by Crippen LogP contribution is -2.13. The molecule has 1 amide bonds. The van der Waals surface area contributed by atoms with E-state index in [0.29, 0.717) is 16.4 Å². The number of nitrogens with zero attached hydrogens (tertiary/aromatic N) is 5. The second-order valence-corrected chi connectivity index (χ2v) is 9.72. The van der Waals surface area contributed by atoms with Gasteiger partial charge in [0.1, 0.15) is 5.69 Å². The Balaban J connectivity index is 1.44. The van der Waals surface area contributed by atoms with Gasteiger partial charge in [0.2, 0.25) is 0 Å². The van der Waals surface area contributed by atoms with E-state index < -0.39 is 0 Å². The Kier molecular flexibility index (Phi) is 6.40. The number of anilines is 1. The van der Waals surface area contributed by atoms with Crippen LogP contribution in [0.15, 0.2) is 87.3 Å². The number of carbonyl (C=O) groups is 1. The minimum atomic E-state index is -0.321. The van der Waals surface area contributed by atoms with E-state index in [9.17, 15) is 4.79 Å². The van der Waals surface area contributed by atoms with Gasteiger partial charge in [-0.2, -0.15) is 10.2 Å². The summed E-state index contributed by atoms with van der Waals surface area (Å²) in [5.41, 5.74) is 2.99. The molecule has 0 saturated heterocycles. The maximum atomic E-state index is 13.1. The maximum Gasteiger partial charge on any atom is 0.276 e. The Hall–Kier alpha value is -3.14. The molecule has 3 aromatic heterocycles. The molecule has 0 unspecified atom stereocenters. The molecule has 1 N–H and O–H groups in total. The minimum Gasteiger partial charge on any atom is -0.320 e. The normalized spacial score (nSPS) is 11.1. The highest BCUT2D eigenvalue weighted by atomic mass is 79.9. The van der Waals surface area contributed by atoms with Crippen molar-refractivity contribution in [3.63, 3.8) is 0 Å². The summed E-state index contributed by atoms with van der Waals surface area (Å²) in [5.74, 6) is -0.321. The number of hydrogen-bond acceptors (Lipinski definition) is 5. The van der Waals surface area contributed by atoms with Crippen LogP contribution < -0.4 is 5.32 Å². The number of para-hydroxylation sites is 1. The number of fused-ring (bicyclic) bond motifs is 1. The number of aromatic nitrogens is 5. The van der Waals surface area contributed by atoms with Gasteiger partial charge in [-0.15, -0.1) is 0 Å². The zero-order valence-electron chi connectivity index (χ0n) is 17.9. The molecule has 170 valence electrons. The highest BCUT2D eigenvalue weighted by Gasteiger charge is 2.18. The number of halogens is 2. The van der Waals surface area contributed by atoms with Crippen molar-refractivity contribution >= 4 is 56.5 Å². The number of hydrogen-bond donors (Lipinski definition) is 1. The molecule has 0 saturated carbocycles. The summed E-state index contributed by atoms with van der Waals surface area (Å²) in [6, 6.07) is 18.7. The third kappa shape index (κ3) is 4.59. The molecule has 0 radical (unpaired) electrons. The van der Waals surface area contributed by atoms with E-state index in [1.807, 2.05) is 72.4 Å². The topological polar surface area (TPSA) is 77.1 Å². The Morgan fingerprint density at radius 2 is 1.91 bits per heavy atom. The van der Waals surface area contributed by atoms with Gasteiger partial charge in [0.15, 0.2) is 11.3 Å². The highest BCUT2D eigenvalue weighted by Crippen LogP contribution is 2.34. The number of amides is 1. The van der Waals surface area contributed by atoms with Crippen molar-refractivity contribution in [2.75, 3.05) is 5.32 Å². The van der Waals surface area contributed by atoms with E-state index in [1.165, 1.54) is 0 Å². The average molecular weight is 554 g/mol. The molecule has 5 rings (SSSR count). The first kappa shape index (κ1) is 22.6. The average Bonchev–Trinajstić information content (AvgIpc) is 3.45. The number of benzene rings is 2. The summed E-state index contributed by atoms with van der Waals surface area (Å²) in [6.45, 7) is 2.76. The second kappa shape index (κ2) is 9.61. The molecule has 0 spiro atoms. The lowest BCUT2D eigenvalue weighted by molar-refractivity contribution is 0.102. The van der Waals surface area contributed by atoms with Gasteiger partial charge in [-0.3, -0.25) is 9.48 Å². The van der Waals surface area contributed by atoms with E-state index in [4.69, 9.17) is 11.6 Å². The van der Waals surface area contributed by atoms with Gasteiger partial charge >= 0.3 is 0 Å². The van der Waals surface area contributed by atoms with E-state index in [1.54, 1.807) is 28.5 Å². The van der Waals surface area contributed by atoms with Crippen LogP contribution in [0.1, 0.15) is 17.4 Å². The summed E-state index contributed by atoms with van der Waals surface area (Å²) in [7, 11) is 0. The summed E-state index contributed by atoms with van der Waals surface area (Å²) in [5, 5.41) is 12.8. The van der Waals surface area contributed by atoms with Gasteiger partial charge in [-0.05, 0) is 65.3 Å². The van der Waals surface area contributed by atoms with Crippen LogP contribution in [-0.4, -0.2) is 30.3 Å². The monoisotopic (exact) mass is 552 g/mol. The smallest absolute Gasteiger partial charge is 0.276 e. The fourth-order valence-corrected chi connectivity index (χ4v) is 4.94. The maximum absolute atomic E-state index is 13.1. The van der Waals surface area contributed by atoms with E-state index in [-0.39, 0.29) is 11.6 Å². The van der Waals surface area contributed by atoms with Gasteiger partial charge in [0.25, 0.3) is 5.91 Å². The van der Waals surface area contributed by atoms with E-state index >= 15 is 0 Å². The molecule has 0 fully saturated rings. The molecule has 0 aliphatic heterocycles. The zero-order valence-corrected chi connectivity index (χ0v) is 21.1. The quantitative estimate of drug-likeness (QED) is 0.262. The van der Waals surface area contributed by atoms with Crippen molar-refractivity contribution in [1.82, 2.24) is 24.4 Å². The van der Waals surface area contributed by atoms with Crippen LogP contribution in [-0.2, 0) is 6.54 Å². The highest BCUT2D eigenvalue weighted by molar-refractivity contribution is 9.10. The molecule has 3 heterocycles. The lowest BCUT2D eigenvalue weighted by Gasteiger charge is -2.10. The van der Waals surface area contributed by atoms with Gasteiger partial charge in [-0.1, -0.05) is 35.5 Å². The fourth-order valence-electron chi connectivity index (χ4n) is 3.39. The van der Waals surface area contributed by atoms with E-state index in [2.05, 4.69) is 36.4 Å². The van der Waals surface area contributed by atoms with Crippen LogP contribution in [0, 0.1) is 0 Å². The predicted octanol–water partition coefficient (Wildman–Crippen LogP) is 6.43. The van der Waals surface area contributed by atoms with Crippen LogP contribution in [0.2, 0.25) is 5.02 Å². The van der Waals surface area contributed by atoms with Crippen molar-refractivity contribution in [3.8, 4) is 11.4 Å². The lowest BCUT2D eigenvalue weighted by atomic mass is 10.3. The first-order valence-electron chi connectivity index (χ1n) is 10.4. The van der Waals surface area contributed by atoms with Gasteiger partial charge in [0.05, 0.1) is 15.9 Å². The van der Waals surface area contributed by atoms with Crippen LogP contribution >= 0.6 is 39.3 Å². The van der Waals surface area contributed by atoms with Crippen molar-refractivity contribution in [2.24, 2.45) is 0 Å². The fraction of sp³-hybridized carbons (Fsp3) is 0.0833.